The quantitative estimate of drug-likeness (QED) is 0.410. The number of carbonyl (C=O) groups is 1. The molecule has 0 aliphatic rings. The molecule has 0 radical (unpaired) electrons. The lowest BCUT2D eigenvalue weighted by atomic mass is 10.1. The minimum atomic E-state index is -0.165. The van der Waals surface area contributed by atoms with E-state index in [1.54, 1.807) is 31.4 Å². The van der Waals surface area contributed by atoms with Crippen LogP contribution in [0.2, 0.25) is 5.02 Å². The van der Waals surface area contributed by atoms with Gasteiger partial charge in [0, 0.05) is 28.7 Å². The van der Waals surface area contributed by atoms with Crippen molar-refractivity contribution < 1.29 is 9.53 Å². The number of nitrogens with one attached hydrogen (secondary N) is 2. The van der Waals surface area contributed by atoms with Crippen LogP contribution in [-0.2, 0) is 6.54 Å². The highest BCUT2D eigenvalue weighted by molar-refractivity contribution is 7.12. The molecule has 0 unspecified atom stereocenters. The van der Waals surface area contributed by atoms with E-state index in [-0.39, 0.29) is 5.91 Å². The van der Waals surface area contributed by atoms with Crippen LogP contribution in [0.3, 0.4) is 0 Å². The van der Waals surface area contributed by atoms with Crippen molar-refractivity contribution in [2.24, 2.45) is 0 Å². The van der Waals surface area contributed by atoms with Crippen LogP contribution in [0.15, 0.2) is 66.0 Å². The Morgan fingerprint density at radius 2 is 1.93 bits per heavy atom. The van der Waals surface area contributed by atoms with Crippen LogP contribution >= 0.6 is 22.9 Å². The first-order valence-electron chi connectivity index (χ1n) is 8.95. The molecule has 0 fully saturated rings. The van der Waals surface area contributed by atoms with Crippen LogP contribution in [-0.4, -0.2) is 18.0 Å². The SMILES string of the molecule is COc1cc(CNc2ccsc2C(=O)Nc2ccc(Cl)cc2)c2ccccc2n1. The number of nitrogens with zero attached hydrogens (tertiary/aromatic N) is 1. The third-order valence-corrected chi connectivity index (χ3v) is 5.60. The average molecular weight is 424 g/mol. The normalized spacial score (nSPS) is 10.7. The smallest absolute Gasteiger partial charge is 0.267 e. The van der Waals surface area contributed by atoms with Gasteiger partial charge >= 0.3 is 0 Å². The van der Waals surface area contributed by atoms with E-state index in [0.717, 1.165) is 22.2 Å². The Morgan fingerprint density at radius 3 is 2.72 bits per heavy atom. The van der Waals surface area contributed by atoms with Gasteiger partial charge in [0.15, 0.2) is 0 Å². The molecule has 4 aromatic rings. The number of halogens is 1. The number of carbonyl (C=O) groups excluding carboxylic acids is 1. The molecule has 2 N–H and O–H groups in total. The number of hydrogen-bond donors (Lipinski definition) is 2. The molecule has 146 valence electrons. The predicted molar refractivity (Wildman–Crippen MR) is 119 cm³/mol. The summed E-state index contributed by atoms with van der Waals surface area (Å²) in [6.07, 6.45) is 0. The fourth-order valence-electron chi connectivity index (χ4n) is 3.01. The Hall–Kier alpha value is -3.09. The van der Waals surface area contributed by atoms with E-state index >= 15 is 0 Å². The number of pyridine rings is 1. The van der Waals surface area contributed by atoms with Crippen LogP contribution in [0.1, 0.15) is 15.2 Å². The number of thiophene rings is 1. The number of ether oxygens (including phenoxy) is 1. The molecule has 0 spiro atoms. The lowest BCUT2D eigenvalue weighted by molar-refractivity contribution is 0.103. The molecular weight excluding hydrogens is 406 g/mol. The van der Waals surface area contributed by atoms with E-state index in [9.17, 15) is 4.79 Å². The molecule has 2 aromatic heterocycles. The van der Waals surface area contributed by atoms with Gasteiger partial charge in [0.25, 0.3) is 5.91 Å². The van der Waals surface area contributed by atoms with Crippen molar-refractivity contribution >= 4 is 51.1 Å². The minimum absolute atomic E-state index is 0.165. The zero-order valence-electron chi connectivity index (χ0n) is 15.6. The van der Waals surface area contributed by atoms with Crippen LogP contribution in [0, 0.1) is 0 Å². The van der Waals surface area contributed by atoms with Gasteiger partial charge in [-0.25, -0.2) is 4.98 Å². The second kappa shape index (κ2) is 8.51. The summed E-state index contributed by atoms with van der Waals surface area (Å²) in [4.78, 5) is 17.8. The summed E-state index contributed by atoms with van der Waals surface area (Å²) < 4.78 is 5.33. The zero-order valence-corrected chi connectivity index (χ0v) is 17.2. The van der Waals surface area contributed by atoms with Crippen LogP contribution in [0.5, 0.6) is 5.88 Å². The largest absolute Gasteiger partial charge is 0.481 e. The molecule has 4 rings (SSSR count). The van der Waals surface area contributed by atoms with Crippen molar-refractivity contribution in [3.8, 4) is 5.88 Å². The molecule has 0 saturated carbocycles. The first kappa shape index (κ1) is 19.2. The minimum Gasteiger partial charge on any atom is -0.481 e. The predicted octanol–water partition coefficient (Wildman–Crippen LogP) is 5.82. The molecular formula is C22H18ClN3O2S. The van der Waals surface area contributed by atoms with Gasteiger partial charge in [-0.2, -0.15) is 0 Å². The molecule has 7 heteroatoms. The summed E-state index contributed by atoms with van der Waals surface area (Å²) in [5.74, 6) is 0.397. The van der Waals surface area contributed by atoms with E-state index in [0.29, 0.717) is 28.0 Å². The van der Waals surface area contributed by atoms with Crippen LogP contribution in [0.4, 0.5) is 11.4 Å². The standard InChI is InChI=1S/C22H18ClN3O2S/c1-28-20-12-14(17-4-2-3-5-18(17)26-20)13-24-19-10-11-29-21(19)22(27)25-16-8-6-15(23)7-9-16/h2-12,24H,13H2,1H3,(H,25,27). The molecule has 0 bridgehead atoms. The molecule has 0 aliphatic heterocycles. The number of fused-ring (bicyclic) bond motifs is 1. The van der Waals surface area contributed by atoms with Crippen molar-refractivity contribution in [2.45, 2.75) is 6.54 Å². The third kappa shape index (κ3) is 4.34. The molecule has 0 atom stereocenters. The molecule has 2 aromatic carbocycles. The Labute approximate surface area is 177 Å². The highest BCUT2D eigenvalue weighted by atomic mass is 35.5. The molecule has 0 aliphatic carbocycles. The number of rotatable bonds is 6. The van der Waals surface area contributed by atoms with E-state index < -0.39 is 0 Å². The number of anilines is 2. The Morgan fingerprint density at radius 1 is 1.14 bits per heavy atom. The van der Waals surface area contributed by atoms with Crippen molar-refractivity contribution in [1.29, 1.82) is 0 Å². The summed E-state index contributed by atoms with van der Waals surface area (Å²) in [7, 11) is 1.60. The van der Waals surface area contributed by atoms with Gasteiger partial charge in [-0.05, 0) is 47.3 Å². The maximum atomic E-state index is 12.7. The number of para-hydroxylation sites is 1. The molecule has 1 amide bonds. The van der Waals surface area contributed by atoms with Gasteiger partial charge in [-0.15, -0.1) is 11.3 Å². The van der Waals surface area contributed by atoms with Gasteiger partial charge in [0.1, 0.15) is 4.88 Å². The van der Waals surface area contributed by atoms with Gasteiger partial charge in [-0.3, -0.25) is 4.79 Å². The summed E-state index contributed by atoms with van der Waals surface area (Å²) >= 11 is 7.29. The zero-order chi connectivity index (χ0) is 20.2. The van der Waals surface area contributed by atoms with Gasteiger partial charge in [-0.1, -0.05) is 29.8 Å². The number of hydrogen-bond acceptors (Lipinski definition) is 5. The highest BCUT2D eigenvalue weighted by Gasteiger charge is 2.14. The van der Waals surface area contributed by atoms with Gasteiger partial charge in [0.05, 0.1) is 18.3 Å². The summed E-state index contributed by atoms with van der Waals surface area (Å²) in [6, 6.07) is 18.8. The molecule has 0 saturated heterocycles. The van der Waals surface area contributed by atoms with Crippen molar-refractivity contribution in [2.75, 3.05) is 17.7 Å². The van der Waals surface area contributed by atoms with Crippen molar-refractivity contribution in [3.05, 3.63) is 81.5 Å². The Bertz CT molecular complexity index is 1160. The van der Waals surface area contributed by atoms with Crippen molar-refractivity contribution in [1.82, 2.24) is 4.98 Å². The molecule has 5 nitrogen and oxygen atoms in total. The Balaban J connectivity index is 1.53. The second-order valence-electron chi connectivity index (χ2n) is 6.32. The average Bonchev–Trinajstić information content (AvgIpc) is 3.22. The number of aromatic nitrogens is 1. The highest BCUT2D eigenvalue weighted by Crippen LogP contribution is 2.27. The topological polar surface area (TPSA) is 63.2 Å². The van der Waals surface area contributed by atoms with Crippen LogP contribution < -0.4 is 15.4 Å². The molecule has 2 heterocycles. The van der Waals surface area contributed by atoms with Gasteiger partial charge < -0.3 is 15.4 Å². The second-order valence-corrected chi connectivity index (χ2v) is 7.67. The van der Waals surface area contributed by atoms with Crippen molar-refractivity contribution in [3.63, 3.8) is 0 Å². The lowest BCUT2D eigenvalue weighted by Gasteiger charge is -2.12. The van der Waals surface area contributed by atoms with E-state index in [1.807, 2.05) is 41.8 Å². The molecule has 29 heavy (non-hydrogen) atoms. The fourth-order valence-corrected chi connectivity index (χ4v) is 3.90. The van der Waals surface area contributed by atoms with E-state index in [4.69, 9.17) is 16.3 Å². The lowest BCUT2D eigenvalue weighted by Crippen LogP contribution is -2.12. The van der Waals surface area contributed by atoms with Gasteiger partial charge in [0.2, 0.25) is 5.88 Å². The number of benzene rings is 2. The first-order chi connectivity index (χ1) is 14.1. The van der Waals surface area contributed by atoms with E-state index in [2.05, 4.69) is 15.6 Å². The number of amides is 1. The summed E-state index contributed by atoms with van der Waals surface area (Å²) in [5.41, 5.74) is 3.39. The summed E-state index contributed by atoms with van der Waals surface area (Å²) in [6.45, 7) is 0.539. The Kier molecular flexibility index (Phi) is 5.64. The van der Waals surface area contributed by atoms with E-state index in [1.165, 1.54) is 11.3 Å². The maximum Gasteiger partial charge on any atom is 0.267 e. The summed E-state index contributed by atoms with van der Waals surface area (Å²) in [5, 5.41) is 9.84. The monoisotopic (exact) mass is 423 g/mol. The van der Waals surface area contributed by atoms with Crippen LogP contribution in [0.25, 0.3) is 10.9 Å². The first-order valence-corrected chi connectivity index (χ1v) is 10.2. The number of methoxy groups -OCH3 is 1. The fraction of sp³-hybridized carbons (Fsp3) is 0.0909. The maximum absolute atomic E-state index is 12.7. The third-order valence-electron chi connectivity index (χ3n) is 4.43.